The van der Waals surface area contributed by atoms with Gasteiger partial charge in [0.1, 0.15) is 0 Å². The summed E-state index contributed by atoms with van der Waals surface area (Å²) in [5, 5.41) is 0. The molecule has 1 aromatic rings. The van der Waals surface area contributed by atoms with Crippen molar-refractivity contribution in [2.45, 2.75) is 38.1 Å². The van der Waals surface area contributed by atoms with Crippen LogP contribution in [0.15, 0.2) is 29.2 Å². The SMILES string of the molecule is CCSc1ccc(C(N)C(C)(C)CCN)cc1. The Labute approximate surface area is 109 Å². The predicted octanol–water partition coefficient (Wildman–Crippen LogP) is 3.17. The molecule has 0 bridgehead atoms. The van der Waals surface area contributed by atoms with Crippen LogP contribution in [0.25, 0.3) is 0 Å². The van der Waals surface area contributed by atoms with E-state index >= 15 is 0 Å². The van der Waals surface area contributed by atoms with Crippen LogP contribution in [0.3, 0.4) is 0 Å². The van der Waals surface area contributed by atoms with E-state index in [9.17, 15) is 0 Å². The van der Waals surface area contributed by atoms with Gasteiger partial charge in [0, 0.05) is 10.9 Å². The van der Waals surface area contributed by atoms with Crippen LogP contribution in [0.4, 0.5) is 0 Å². The summed E-state index contributed by atoms with van der Waals surface area (Å²) in [6, 6.07) is 8.64. The minimum Gasteiger partial charge on any atom is -0.330 e. The van der Waals surface area contributed by atoms with Crippen LogP contribution >= 0.6 is 11.8 Å². The lowest BCUT2D eigenvalue weighted by Crippen LogP contribution is -2.31. The highest BCUT2D eigenvalue weighted by Crippen LogP contribution is 2.34. The van der Waals surface area contributed by atoms with Crippen LogP contribution in [-0.4, -0.2) is 12.3 Å². The summed E-state index contributed by atoms with van der Waals surface area (Å²) in [6.45, 7) is 7.21. The summed E-state index contributed by atoms with van der Waals surface area (Å²) >= 11 is 1.85. The van der Waals surface area contributed by atoms with E-state index in [1.165, 1.54) is 10.5 Å². The monoisotopic (exact) mass is 252 g/mol. The first-order chi connectivity index (χ1) is 8.01. The van der Waals surface area contributed by atoms with Gasteiger partial charge in [-0.3, -0.25) is 0 Å². The topological polar surface area (TPSA) is 52.0 Å². The van der Waals surface area contributed by atoms with Crippen LogP contribution < -0.4 is 11.5 Å². The standard InChI is InChI=1S/C14H24N2S/c1-4-17-12-7-5-11(6-8-12)13(16)14(2,3)9-10-15/h5-8,13H,4,9-10,15-16H2,1-3H3. The maximum Gasteiger partial charge on any atom is 0.0347 e. The van der Waals surface area contributed by atoms with Gasteiger partial charge in [0.05, 0.1) is 0 Å². The normalized spacial score (nSPS) is 13.7. The molecule has 0 aliphatic heterocycles. The highest BCUT2D eigenvalue weighted by Gasteiger charge is 2.26. The van der Waals surface area contributed by atoms with Gasteiger partial charge < -0.3 is 11.5 Å². The first-order valence-corrected chi connectivity index (χ1v) is 7.18. The zero-order valence-electron chi connectivity index (χ0n) is 11.1. The minimum atomic E-state index is 0.0479. The van der Waals surface area contributed by atoms with Crippen molar-refractivity contribution < 1.29 is 0 Å². The largest absolute Gasteiger partial charge is 0.330 e. The molecule has 1 aromatic carbocycles. The Kier molecular flexibility index (Phi) is 5.50. The molecule has 0 aromatic heterocycles. The molecule has 0 saturated carbocycles. The smallest absolute Gasteiger partial charge is 0.0347 e. The summed E-state index contributed by atoms with van der Waals surface area (Å²) in [7, 11) is 0. The molecule has 0 amide bonds. The molecule has 1 rings (SSSR count). The summed E-state index contributed by atoms with van der Waals surface area (Å²) in [5.74, 6) is 1.10. The van der Waals surface area contributed by atoms with Crippen LogP contribution in [0.5, 0.6) is 0 Å². The van der Waals surface area contributed by atoms with Crippen molar-refractivity contribution in [3.8, 4) is 0 Å². The third kappa shape index (κ3) is 4.02. The van der Waals surface area contributed by atoms with E-state index in [-0.39, 0.29) is 11.5 Å². The van der Waals surface area contributed by atoms with Gasteiger partial charge in [-0.25, -0.2) is 0 Å². The van der Waals surface area contributed by atoms with E-state index in [2.05, 4.69) is 45.0 Å². The molecule has 0 heterocycles. The molecule has 17 heavy (non-hydrogen) atoms. The maximum atomic E-state index is 6.32. The molecule has 0 aliphatic carbocycles. The molecule has 1 unspecified atom stereocenters. The second-order valence-corrected chi connectivity index (χ2v) is 6.34. The zero-order chi connectivity index (χ0) is 12.9. The number of thioether (sulfide) groups is 1. The fourth-order valence-corrected chi connectivity index (χ4v) is 2.58. The van der Waals surface area contributed by atoms with Crippen molar-refractivity contribution in [2.75, 3.05) is 12.3 Å². The van der Waals surface area contributed by atoms with Crippen molar-refractivity contribution in [1.29, 1.82) is 0 Å². The molecule has 96 valence electrons. The van der Waals surface area contributed by atoms with Crippen LogP contribution in [-0.2, 0) is 0 Å². The molecule has 2 nitrogen and oxygen atoms in total. The van der Waals surface area contributed by atoms with Gasteiger partial charge in [0.25, 0.3) is 0 Å². The summed E-state index contributed by atoms with van der Waals surface area (Å²) in [6.07, 6.45) is 0.944. The Morgan fingerprint density at radius 2 is 1.82 bits per heavy atom. The summed E-state index contributed by atoms with van der Waals surface area (Å²) < 4.78 is 0. The van der Waals surface area contributed by atoms with Crippen LogP contribution in [0, 0.1) is 5.41 Å². The van der Waals surface area contributed by atoms with Gasteiger partial charge in [-0.15, -0.1) is 11.8 Å². The predicted molar refractivity (Wildman–Crippen MR) is 77.2 cm³/mol. The highest BCUT2D eigenvalue weighted by atomic mass is 32.2. The molecule has 1 atom stereocenters. The maximum absolute atomic E-state index is 6.32. The number of hydrogen-bond donors (Lipinski definition) is 2. The van der Waals surface area contributed by atoms with Gasteiger partial charge in [0.15, 0.2) is 0 Å². The fraction of sp³-hybridized carbons (Fsp3) is 0.571. The summed E-state index contributed by atoms with van der Waals surface area (Å²) in [5.41, 5.74) is 13.2. The van der Waals surface area contributed by atoms with E-state index in [4.69, 9.17) is 11.5 Å². The van der Waals surface area contributed by atoms with Gasteiger partial charge in [-0.1, -0.05) is 32.9 Å². The zero-order valence-corrected chi connectivity index (χ0v) is 11.9. The number of benzene rings is 1. The average Bonchev–Trinajstić information content (AvgIpc) is 2.29. The van der Waals surface area contributed by atoms with Crippen molar-refractivity contribution in [3.63, 3.8) is 0 Å². The minimum absolute atomic E-state index is 0.0479. The van der Waals surface area contributed by atoms with E-state index in [1.54, 1.807) is 0 Å². The first-order valence-electron chi connectivity index (χ1n) is 6.19. The molecule has 0 fully saturated rings. The van der Waals surface area contributed by atoms with Crippen molar-refractivity contribution in [2.24, 2.45) is 16.9 Å². The second kappa shape index (κ2) is 6.43. The molecule has 0 spiro atoms. The average molecular weight is 252 g/mol. The molecule has 0 radical (unpaired) electrons. The number of nitrogens with two attached hydrogens (primary N) is 2. The Balaban J connectivity index is 2.78. The summed E-state index contributed by atoms with van der Waals surface area (Å²) in [4.78, 5) is 1.31. The first kappa shape index (κ1) is 14.6. The second-order valence-electron chi connectivity index (χ2n) is 5.01. The molecule has 0 saturated heterocycles. The van der Waals surface area contributed by atoms with Gasteiger partial charge in [0.2, 0.25) is 0 Å². The van der Waals surface area contributed by atoms with Gasteiger partial charge >= 0.3 is 0 Å². The lowest BCUT2D eigenvalue weighted by molar-refractivity contribution is 0.271. The Morgan fingerprint density at radius 1 is 1.24 bits per heavy atom. The lowest BCUT2D eigenvalue weighted by Gasteiger charge is -2.31. The lowest BCUT2D eigenvalue weighted by atomic mass is 9.78. The Hall–Kier alpha value is -0.510. The van der Waals surface area contributed by atoms with Gasteiger partial charge in [-0.2, -0.15) is 0 Å². The van der Waals surface area contributed by atoms with Crippen molar-refractivity contribution in [1.82, 2.24) is 0 Å². The molecule has 0 aliphatic rings. The molecular weight excluding hydrogens is 228 g/mol. The Morgan fingerprint density at radius 3 is 2.29 bits per heavy atom. The van der Waals surface area contributed by atoms with Crippen molar-refractivity contribution in [3.05, 3.63) is 29.8 Å². The van der Waals surface area contributed by atoms with Crippen LogP contribution in [0.2, 0.25) is 0 Å². The fourth-order valence-electron chi connectivity index (χ4n) is 1.92. The third-order valence-corrected chi connectivity index (χ3v) is 4.07. The van der Waals surface area contributed by atoms with Crippen LogP contribution in [0.1, 0.15) is 38.8 Å². The highest BCUT2D eigenvalue weighted by molar-refractivity contribution is 7.99. The Bertz CT molecular complexity index is 333. The molecule has 4 N–H and O–H groups in total. The van der Waals surface area contributed by atoms with Gasteiger partial charge in [-0.05, 0) is 41.8 Å². The molecular formula is C14H24N2S. The third-order valence-electron chi connectivity index (χ3n) is 3.18. The van der Waals surface area contributed by atoms with E-state index in [1.807, 2.05) is 11.8 Å². The van der Waals surface area contributed by atoms with E-state index in [0.717, 1.165) is 12.2 Å². The number of rotatable bonds is 6. The van der Waals surface area contributed by atoms with E-state index in [0.29, 0.717) is 6.54 Å². The van der Waals surface area contributed by atoms with E-state index < -0.39 is 0 Å². The van der Waals surface area contributed by atoms with Crippen molar-refractivity contribution >= 4 is 11.8 Å². The molecule has 3 heteroatoms. The quantitative estimate of drug-likeness (QED) is 0.765. The number of hydrogen-bond acceptors (Lipinski definition) is 3.